The predicted octanol–water partition coefficient (Wildman–Crippen LogP) is 8.96. The van der Waals surface area contributed by atoms with E-state index < -0.39 is 72.6 Å². The van der Waals surface area contributed by atoms with Crippen molar-refractivity contribution in [3.8, 4) is 17.1 Å². The highest BCUT2D eigenvalue weighted by Crippen LogP contribution is 2.30. The van der Waals surface area contributed by atoms with Crippen LogP contribution in [-0.4, -0.2) is 78.4 Å². The number of hydrogen-bond donors (Lipinski definition) is 3. The first-order valence-electron chi connectivity index (χ1n) is 26.2. The first-order valence-corrected chi connectivity index (χ1v) is 26.2. The van der Waals surface area contributed by atoms with Gasteiger partial charge in [-0.25, -0.2) is 14.4 Å². The van der Waals surface area contributed by atoms with E-state index in [0.717, 1.165) is 36.3 Å². The maximum Gasteiger partial charge on any atom is 0.344 e. The van der Waals surface area contributed by atoms with Gasteiger partial charge in [0.15, 0.2) is 12.4 Å². The van der Waals surface area contributed by atoms with E-state index in [1.165, 1.54) is 30.3 Å². The molecular weight excluding hydrogens is 989 g/mol. The van der Waals surface area contributed by atoms with Gasteiger partial charge < -0.3 is 44.2 Å². The number of hydrogen-bond acceptors (Lipinski definition) is 14. The quantitative estimate of drug-likeness (QED) is 0.00889. The zero-order valence-electron chi connectivity index (χ0n) is 44.2. The molecule has 0 radical (unpaired) electrons. The fourth-order valence-electron chi connectivity index (χ4n) is 8.34. The van der Waals surface area contributed by atoms with Crippen LogP contribution in [0.4, 0.5) is 0 Å². The number of ether oxygens (including phenoxy) is 4. The van der Waals surface area contributed by atoms with Gasteiger partial charge in [0.25, 0.3) is 11.8 Å². The van der Waals surface area contributed by atoms with Crippen LogP contribution in [0.15, 0.2) is 126 Å². The number of benzene rings is 4. The third-order valence-electron chi connectivity index (χ3n) is 12.4. The standard InChI is InChI=1S/C59H70N4O14/c1-5-9-13-28-46(49(8-4)63(40-64)77-58(70)44(20-6-2)21-7-3)55(67)60-39-61-57(69)51-32-31-50(76-51)45-29-30-47(52(33-45)72-38-54(66)74-36-42-24-16-11-17-25-42)56(68)62-48(59(71)75-37-43-26-18-12-19-27-43)34-53(65)73-35-41-22-14-10-15-23-41/h10-12,14-19,22-27,29-33,40,44,46,48-49H,5-9,13,20-21,28,34-39H2,1-4H3,(H,60,67)(H,61,69)(H,62,68)/t46-,48+,49-/m1/s1. The topological polar surface area (TPSA) is 235 Å². The predicted molar refractivity (Wildman–Crippen MR) is 284 cm³/mol. The minimum Gasteiger partial charge on any atom is -0.481 e. The Bertz CT molecular complexity index is 2670. The summed E-state index contributed by atoms with van der Waals surface area (Å²) in [7, 11) is 0. The van der Waals surface area contributed by atoms with Gasteiger partial charge in [-0.3, -0.25) is 24.0 Å². The minimum atomic E-state index is -1.52. The van der Waals surface area contributed by atoms with Crippen molar-refractivity contribution in [3.63, 3.8) is 0 Å². The van der Waals surface area contributed by atoms with Crippen molar-refractivity contribution in [2.75, 3.05) is 13.3 Å². The van der Waals surface area contributed by atoms with Gasteiger partial charge in [-0.1, -0.05) is 157 Å². The van der Waals surface area contributed by atoms with Gasteiger partial charge in [0.1, 0.15) is 37.4 Å². The van der Waals surface area contributed by atoms with Crippen LogP contribution in [0.5, 0.6) is 5.75 Å². The number of carbonyl (C=O) groups excluding carboxylic acids is 8. The van der Waals surface area contributed by atoms with E-state index in [0.29, 0.717) is 55.2 Å². The van der Waals surface area contributed by atoms with Crippen LogP contribution in [0.1, 0.15) is 130 Å². The lowest BCUT2D eigenvalue weighted by Crippen LogP contribution is -2.49. The maximum atomic E-state index is 14.2. The Morgan fingerprint density at radius 2 is 1.22 bits per heavy atom. The molecule has 0 bridgehead atoms. The van der Waals surface area contributed by atoms with Crippen molar-refractivity contribution in [1.82, 2.24) is 21.0 Å². The molecule has 5 rings (SSSR count). The van der Waals surface area contributed by atoms with E-state index >= 15 is 0 Å². The van der Waals surface area contributed by atoms with E-state index in [2.05, 4.69) is 16.0 Å². The number of nitrogens with zero attached hydrogens (tertiary/aromatic N) is 1. The number of hydroxylamine groups is 2. The lowest BCUT2D eigenvalue weighted by molar-refractivity contribution is -0.208. The molecule has 1 aromatic heterocycles. The van der Waals surface area contributed by atoms with E-state index in [4.69, 9.17) is 28.2 Å². The average molecular weight is 1060 g/mol. The highest BCUT2D eigenvalue weighted by Gasteiger charge is 2.35. The van der Waals surface area contributed by atoms with Gasteiger partial charge in [0, 0.05) is 5.56 Å². The number of nitrogens with one attached hydrogen (secondary N) is 3. The highest BCUT2D eigenvalue weighted by molar-refractivity contribution is 6.00. The van der Waals surface area contributed by atoms with Crippen LogP contribution in [-0.2, 0) is 67.6 Å². The number of carbonyl (C=O) groups is 8. The third kappa shape index (κ3) is 19.4. The summed E-state index contributed by atoms with van der Waals surface area (Å²) in [5.74, 6) is -6.26. The fraction of sp³-hybridized carbons (Fsp3) is 0.390. The van der Waals surface area contributed by atoms with Crippen molar-refractivity contribution >= 4 is 48.0 Å². The zero-order chi connectivity index (χ0) is 55.4. The van der Waals surface area contributed by atoms with Crippen LogP contribution in [0.3, 0.4) is 0 Å². The smallest absolute Gasteiger partial charge is 0.344 e. The summed E-state index contributed by atoms with van der Waals surface area (Å²) in [6.07, 6.45) is 5.71. The van der Waals surface area contributed by atoms with Gasteiger partial charge in [0.2, 0.25) is 12.3 Å². The molecule has 0 aliphatic heterocycles. The van der Waals surface area contributed by atoms with Gasteiger partial charge in [0.05, 0.1) is 36.5 Å². The summed E-state index contributed by atoms with van der Waals surface area (Å²) in [5, 5.41) is 8.91. The molecule has 0 aliphatic carbocycles. The summed E-state index contributed by atoms with van der Waals surface area (Å²) < 4.78 is 28.2. The lowest BCUT2D eigenvalue weighted by atomic mass is 9.90. The number of unbranched alkanes of at least 4 members (excludes halogenated alkanes) is 2. The largest absolute Gasteiger partial charge is 0.481 e. The maximum absolute atomic E-state index is 14.2. The summed E-state index contributed by atoms with van der Waals surface area (Å²) in [5.41, 5.74) is 2.28. The van der Waals surface area contributed by atoms with Gasteiger partial charge in [-0.2, -0.15) is 5.06 Å². The van der Waals surface area contributed by atoms with Crippen LogP contribution < -0.4 is 20.7 Å². The summed E-state index contributed by atoms with van der Waals surface area (Å²) in [6.45, 7) is 6.56. The molecule has 0 unspecified atom stereocenters. The van der Waals surface area contributed by atoms with Crippen LogP contribution in [0.25, 0.3) is 11.3 Å². The van der Waals surface area contributed by atoms with Crippen LogP contribution in [0, 0.1) is 11.8 Å². The number of furan rings is 1. The second-order valence-electron chi connectivity index (χ2n) is 18.2. The van der Waals surface area contributed by atoms with Crippen molar-refractivity contribution < 1.29 is 66.6 Å². The number of rotatable bonds is 33. The Morgan fingerprint density at radius 3 is 1.79 bits per heavy atom. The summed E-state index contributed by atoms with van der Waals surface area (Å²) in [6, 6.07) is 31.6. The Morgan fingerprint density at radius 1 is 0.623 bits per heavy atom. The van der Waals surface area contributed by atoms with Crippen molar-refractivity contribution in [1.29, 1.82) is 0 Å². The highest BCUT2D eigenvalue weighted by atomic mass is 16.7. The third-order valence-corrected chi connectivity index (χ3v) is 12.4. The first kappa shape index (κ1) is 59.6. The molecule has 0 fully saturated rings. The van der Waals surface area contributed by atoms with Crippen molar-refractivity contribution in [2.45, 2.75) is 124 Å². The van der Waals surface area contributed by atoms with Crippen LogP contribution in [0.2, 0.25) is 0 Å². The molecule has 0 spiro atoms. The molecule has 410 valence electrons. The van der Waals surface area contributed by atoms with Crippen LogP contribution >= 0.6 is 0 Å². The number of esters is 3. The van der Waals surface area contributed by atoms with E-state index in [1.807, 2.05) is 32.9 Å². The SMILES string of the molecule is CCCCC[C@@H](C(=O)NCNC(=O)c1ccc(-c2ccc(C(=O)N[C@@H](CC(=O)OCc3ccccc3)C(=O)OCc3ccccc3)c(OCC(=O)OCc3ccccc3)c2)o1)[C@@H](CC)N(C=O)OC(=O)C(CCC)CCC. The molecule has 0 saturated heterocycles. The van der Waals surface area contributed by atoms with Crippen molar-refractivity contribution in [3.05, 3.63) is 149 Å². The second kappa shape index (κ2) is 32.2. The molecule has 5 aromatic rings. The Balaban J connectivity index is 1.32. The number of amides is 4. The molecule has 3 atom stereocenters. The normalized spacial score (nSPS) is 12.0. The molecule has 3 N–H and O–H groups in total. The first-order chi connectivity index (χ1) is 37.4. The molecule has 0 saturated carbocycles. The average Bonchev–Trinajstić information content (AvgIpc) is 3.96. The Hall–Kier alpha value is -8.28. The molecule has 77 heavy (non-hydrogen) atoms. The molecule has 18 heteroatoms. The Kier molecular flexibility index (Phi) is 24.9. The van der Waals surface area contributed by atoms with Gasteiger partial charge in [-0.05, 0) is 66.6 Å². The molecule has 4 amide bonds. The summed E-state index contributed by atoms with van der Waals surface area (Å²) in [4.78, 5) is 112. The monoisotopic (exact) mass is 1060 g/mol. The fourth-order valence-corrected chi connectivity index (χ4v) is 8.34. The van der Waals surface area contributed by atoms with E-state index in [1.54, 1.807) is 85.8 Å². The van der Waals surface area contributed by atoms with Crippen molar-refractivity contribution in [2.24, 2.45) is 11.8 Å². The molecular formula is C59H70N4O14. The lowest BCUT2D eigenvalue weighted by Gasteiger charge is -2.32. The molecule has 0 aliphatic rings. The minimum absolute atomic E-state index is 0.0437. The Labute approximate surface area is 449 Å². The second-order valence-corrected chi connectivity index (χ2v) is 18.2. The van der Waals surface area contributed by atoms with Gasteiger partial charge >= 0.3 is 23.9 Å². The molecule has 1 heterocycles. The van der Waals surface area contributed by atoms with E-state index in [-0.39, 0.29) is 55.2 Å². The van der Waals surface area contributed by atoms with E-state index in [9.17, 15) is 38.4 Å². The zero-order valence-corrected chi connectivity index (χ0v) is 44.2. The summed E-state index contributed by atoms with van der Waals surface area (Å²) >= 11 is 0. The molecule has 4 aromatic carbocycles. The molecule has 18 nitrogen and oxygen atoms in total. The van der Waals surface area contributed by atoms with Gasteiger partial charge in [-0.15, -0.1) is 0 Å².